The maximum atomic E-state index is 10.7. The Hall–Kier alpha value is -3.68. The first-order chi connectivity index (χ1) is 11.6. The van der Waals surface area contributed by atoms with E-state index >= 15 is 0 Å². The van der Waals surface area contributed by atoms with Gasteiger partial charge in [-0.05, 0) is 36.4 Å². The highest BCUT2D eigenvalue weighted by Crippen LogP contribution is 2.24. The molecule has 2 aromatic carbocycles. The van der Waals surface area contributed by atoms with Crippen molar-refractivity contribution < 1.29 is 9.66 Å². The number of hydrogen-bond acceptors (Lipinski definition) is 7. The largest absolute Gasteiger partial charge is 0.457 e. The van der Waals surface area contributed by atoms with Gasteiger partial charge in [0, 0.05) is 5.69 Å². The zero-order valence-electron chi connectivity index (χ0n) is 12.4. The molecule has 1 heterocycles. The van der Waals surface area contributed by atoms with Crippen molar-refractivity contribution in [3.8, 4) is 11.5 Å². The Kier molecular flexibility index (Phi) is 4.19. The number of ether oxygens (including phenoxy) is 1. The summed E-state index contributed by atoms with van der Waals surface area (Å²) in [5.41, 5.74) is 5.90. The molecule has 0 saturated heterocycles. The number of rotatable bonds is 5. The van der Waals surface area contributed by atoms with E-state index in [1.54, 1.807) is 24.3 Å². The fourth-order valence-electron chi connectivity index (χ4n) is 1.95. The van der Waals surface area contributed by atoms with E-state index < -0.39 is 4.92 Å². The number of anilines is 3. The molecule has 0 unspecified atom stereocenters. The van der Waals surface area contributed by atoms with Crippen LogP contribution in [0, 0.1) is 10.1 Å². The van der Waals surface area contributed by atoms with Crippen LogP contribution in [0.5, 0.6) is 11.5 Å². The normalized spacial score (nSPS) is 10.2. The monoisotopic (exact) mass is 323 g/mol. The van der Waals surface area contributed by atoms with Gasteiger partial charge in [0.25, 0.3) is 0 Å². The summed E-state index contributed by atoms with van der Waals surface area (Å²) < 4.78 is 5.69. The average molecular weight is 323 g/mol. The summed E-state index contributed by atoms with van der Waals surface area (Å²) in [6.45, 7) is 0. The van der Waals surface area contributed by atoms with Gasteiger partial charge in [0.15, 0.2) is 0 Å². The van der Waals surface area contributed by atoms with E-state index in [0.29, 0.717) is 11.4 Å². The van der Waals surface area contributed by atoms with Gasteiger partial charge in [0.1, 0.15) is 17.7 Å². The maximum Gasteiger partial charge on any atom is 0.329 e. The Labute approximate surface area is 137 Å². The van der Waals surface area contributed by atoms with Gasteiger partial charge in [-0.2, -0.15) is 4.98 Å². The second kappa shape index (κ2) is 6.61. The third-order valence-electron chi connectivity index (χ3n) is 3.08. The first-order valence-corrected chi connectivity index (χ1v) is 6.99. The summed E-state index contributed by atoms with van der Waals surface area (Å²) in [5, 5.41) is 13.6. The molecule has 120 valence electrons. The fraction of sp³-hybridized carbons (Fsp3) is 0. The van der Waals surface area contributed by atoms with Crippen molar-refractivity contribution in [2.45, 2.75) is 0 Å². The molecule has 0 aliphatic heterocycles. The van der Waals surface area contributed by atoms with Gasteiger partial charge in [-0.1, -0.05) is 18.2 Å². The van der Waals surface area contributed by atoms with Crippen LogP contribution in [0.25, 0.3) is 0 Å². The van der Waals surface area contributed by atoms with Crippen LogP contribution < -0.4 is 15.8 Å². The second-order valence-electron chi connectivity index (χ2n) is 4.79. The van der Waals surface area contributed by atoms with Crippen molar-refractivity contribution in [1.82, 2.24) is 9.97 Å². The van der Waals surface area contributed by atoms with Crippen molar-refractivity contribution >= 4 is 23.1 Å². The minimum absolute atomic E-state index is 0.176. The van der Waals surface area contributed by atoms with Crippen LogP contribution in [0.2, 0.25) is 0 Å². The van der Waals surface area contributed by atoms with Crippen LogP contribution in [0.1, 0.15) is 0 Å². The highest BCUT2D eigenvalue weighted by Gasteiger charge is 2.14. The Bertz CT molecular complexity index is 853. The maximum absolute atomic E-state index is 10.7. The van der Waals surface area contributed by atoms with Crippen molar-refractivity contribution in [3.63, 3.8) is 0 Å². The minimum Gasteiger partial charge on any atom is -0.457 e. The van der Waals surface area contributed by atoms with Crippen LogP contribution in [0.4, 0.5) is 23.1 Å². The molecule has 0 fully saturated rings. The number of benzene rings is 2. The van der Waals surface area contributed by atoms with Gasteiger partial charge in [0.2, 0.25) is 11.8 Å². The van der Waals surface area contributed by atoms with Crippen LogP contribution in [-0.2, 0) is 0 Å². The van der Waals surface area contributed by atoms with Crippen molar-refractivity contribution in [3.05, 3.63) is 70.9 Å². The lowest BCUT2D eigenvalue weighted by Crippen LogP contribution is -2.03. The zero-order chi connectivity index (χ0) is 16.9. The SMILES string of the molecule is Nc1nc(Nc2ccc(Oc3ccccc3)cc2)ncc1[N+](=O)[O-]. The first-order valence-electron chi connectivity index (χ1n) is 6.99. The molecule has 0 spiro atoms. The summed E-state index contributed by atoms with van der Waals surface area (Å²) in [7, 11) is 0. The Morgan fingerprint density at radius 2 is 1.71 bits per heavy atom. The number of nitrogens with zero attached hydrogens (tertiary/aromatic N) is 3. The van der Waals surface area contributed by atoms with Gasteiger partial charge in [-0.15, -0.1) is 0 Å². The molecular weight excluding hydrogens is 310 g/mol. The zero-order valence-corrected chi connectivity index (χ0v) is 12.4. The van der Waals surface area contributed by atoms with Gasteiger partial charge >= 0.3 is 5.69 Å². The van der Waals surface area contributed by atoms with E-state index in [0.717, 1.165) is 11.9 Å². The van der Waals surface area contributed by atoms with Crippen LogP contribution >= 0.6 is 0 Å². The van der Waals surface area contributed by atoms with Crippen LogP contribution in [-0.4, -0.2) is 14.9 Å². The van der Waals surface area contributed by atoms with Gasteiger partial charge in [-0.25, -0.2) is 4.98 Å². The number of nitrogens with one attached hydrogen (secondary N) is 1. The molecular formula is C16H13N5O3. The summed E-state index contributed by atoms with van der Waals surface area (Å²) in [5.74, 6) is 1.40. The molecule has 0 aliphatic carbocycles. The second-order valence-corrected chi connectivity index (χ2v) is 4.79. The van der Waals surface area contributed by atoms with E-state index in [1.165, 1.54) is 0 Å². The van der Waals surface area contributed by atoms with E-state index in [1.807, 2.05) is 30.3 Å². The predicted octanol–water partition coefficient (Wildman–Crippen LogP) is 3.50. The molecule has 3 rings (SSSR count). The molecule has 0 amide bonds. The lowest BCUT2D eigenvalue weighted by Gasteiger charge is -2.08. The van der Waals surface area contributed by atoms with Crippen molar-refractivity contribution in [2.24, 2.45) is 0 Å². The fourth-order valence-corrected chi connectivity index (χ4v) is 1.95. The summed E-state index contributed by atoms with van der Waals surface area (Å²) >= 11 is 0. The van der Waals surface area contributed by atoms with Gasteiger partial charge < -0.3 is 15.8 Å². The number of aromatic nitrogens is 2. The van der Waals surface area contributed by atoms with E-state index in [-0.39, 0.29) is 17.5 Å². The molecule has 0 bridgehead atoms. The smallest absolute Gasteiger partial charge is 0.329 e. The molecule has 8 nitrogen and oxygen atoms in total. The number of nitro groups is 1. The summed E-state index contributed by atoms with van der Waals surface area (Å²) in [6, 6.07) is 16.5. The predicted molar refractivity (Wildman–Crippen MR) is 89.3 cm³/mol. The third-order valence-corrected chi connectivity index (χ3v) is 3.08. The molecule has 24 heavy (non-hydrogen) atoms. The van der Waals surface area contributed by atoms with E-state index in [2.05, 4.69) is 15.3 Å². The van der Waals surface area contributed by atoms with Crippen LogP contribution in [0.3, 0.4) is 0 Å². The van der Waals surface area contributed by atoms with Crippen molar-refractivity contribution in [2.75, 3.05) is 11.1 Å². The van der Waals surface area contributed by atoms with Crippen molar-refractivity contribution in [1.29, 1.82) is 0 Å². The van der Waals surface area contributed by atoms with Gasteiger partial charge in [-0.3, -0.25) is 10.1 Å². The quantitative estimate of drug-likeness (QED) is 0.545. The lowest BCUT2D eigenvalue weighted by molar-refractivity contribution is -0.384. The highest BCUT2D eigenvalue weighted by molar-refractivity contribution is 5.59. The third kappa shape index (κ3) is 3.55. The molecule has 3 N–H and O–H groups in total. The van der Waals surface area contributed by atoms with E-state index in [4.69, 9.17) is 10.5 Å². The van der Waals surface area contributed by atoms with Gasteiger partial charge in [0.05, 0.1) is 4.92 Å². The molecule has 3 aromatic rings. The van der Waals surface area contributed by atoms with Crippen LogP contribution in [0.15, 0.2) is 60.8 Å². The average Bonchev–Trinajstić information content (AvgIpc) is 2.57. The molecule has 1 aromatic heterocycles. The summed E-state index contributed by atoms with van der Waals surface area (Å²) in [6.07, 6.45) is 1.07. The molecule has 0 atom stereocenters. The standard InChI is InChI=1S/C16H13N5O3/c17-15-14(21(22)23)10-18-16(20-15)19-11-6-8-13(9-7-11)24-12-4-2-1-3-5-12/h1-10H,(H3,17,18,19,20). The molecule has 0 aliphatic rings. The number of nitrogen functional groups attached to an aromatic ring is 1. The Morgan fingerprint density at radius 3 is 2.33 bits per heavy atom. The number of para-hydroxylation sites is 1. The van der Waals surface area contributed by atoms with E-state index in [9.17, 15) is 10.1 Å². The molecule has 0 radical (unpaired) electrons. The molecule has 0 saturated carbocycles. The number of nitrogens with two attached hydrogens (primary N) is 1. The Balaban J connectivity index is 1.70. The lowest BCUT2D eigenvalue weighted by atomic mass is 10.3. The first kappa shape index (κ1) is 15.2. The molecule has 8 heteroatoms. The number of hydrogen-bond donors (Lipinski definition) is 2. The minimum atomic E-state index is -0.630. The topological polar surface area (TPSA) is 116 Å². The Morgan fingerprint density at radius 1 is 1.04 bits per heavy atom. The highest BCUT2D eigenvalue weighted by atomic mass is 16.6. The summed E-state index contributed by atoms with van der Waals surface area (Å²) in [4.78, 5) is 17.8.